The maximum Gasteiger partial charge on any atom is 1.00 e. The summed E-state index contributed by atoms with van der Waals surface area (Å²) in [6.07, 6.45) is 0. The van der Waals surface area contributed by atoms with Gasteiger partial charge in [-0.3, -0.25) is 0 Å². The molecule has 0 unspecified atom stereocenters. The number of hydrogen-bond acceptors (Lipinski definition) is 1. The van der Waals surface area contributed by atoms with E-state index in [2.05, 4.69) is 7.85 Å². The van der Waals surface area contributed by atoms with Crippen LogP contribution in [0.4, 0.5) is 0 Å². The van der Waals surface area contributed by atoms with E-state index in [-0.39, 0.29) is 60.7 Å². The predicted octanol–water partition coefficient (Wildman–Crippen LogP) is -3.67. The van der Waals surface area contributed by atoms with Crippen LogP contribution in [0.25, 0.3) is 0 Å². The molecule has 18 valence electrons. The Balaban J connectivity index is -0.00000000667. The van der Waals surface area contributed by atoms with Gasteiger partial charge in [-0.15, -0.1) is 0 Å². The summed E-state index contributed by atoms with van der Waals surface area (Å²) in [6, 6.07) is 0. The molecule has 0 aromatic heterocycles. The van der Waals surface area contributed by atoms with Crippen LogP contribution in [0.15, 0.2) is 0 Å². The molecule has 1 nitrogen and oxygen atoms in total. The standard InChI is InChI=1S/CH3BO.K.H/c2-1-3;;/h3H,1H2;;/q;+1;-1/p+1. The van der Waals surface area contributed by atoms with Gasteiger partial charge in [0.05, 0.1) is 0 Å². The van der Waals surface area contributed by atoms with E-state index in [1.807, 2.05) is 0 Å². The first-order valence-corrected chi connectivity index (χ1v) is 0.724. The fraction of sp³-hybridized carbons (Fsp3) is 1.00. The van der Waals surface area contributed by atoms with E-state index >= 15 is 0 Å². The SMILES string of the molecule is [B]CO.[H+].[H-].[K+]. The van der Waals surface area contributed by atoms with E-state index in [4.69, 9.17) is 5.11 Å². The van der Waals surface area contributed by atoms with Crippen molar-refractivity contribution in [3.05, 3.63) is 0 Å². The maximum atomic E-state index is 7.35. The Morgan fingerprint density at radius 3 is 2.25 bits per heavy atom. The summed E-state index contributed by atoms with van der Waals surface area (Å²) in [5, 5.41) is 7.35. The second-order valence-electron chi connectivity index (χ2n) is 0.183. The van der Waals surface area contributed by atoms with Crippen molar-refractivity contribution in [2.75, 3.05) is 6.51 Å². The Bertz CT molecular complexity index is 13.5. The largest absolute Gasteiger partial charge is 1.00 e. The van der Waals surface area contributed by atoms with E-state index in [1.54, 1.807) is 0 Å². The van der Waals surface area contributed by atoms with Crippen LogP contribution >= 0.6 is 0 Å². The van der Waals surface area contributed by atoms with Crippen molar-refractivity contribution < 1.29 is 59.3 Å². The first-order valence-electron chi connectivity index (χ1n) is 0.724. The van der Waals surface area contributed by atoms with Crippen LogP contribution in [0.2, 0.25) is 0 Å². The number of rotatable bonds is 0. The van der Waals surface area contributed by atoms with Gasteiger partial charge in [0.2, 0.25) is 0 Å². The summed E-state index contributed by atoms with van der Waals surface area (Å²) in [7, 11) is 4.40. The molecule has 0 fully saturated rings. The zero-order valence-corrected chi connectivity index (χ0v) is 5.85. The van der Waals surface area contributed by atoms with Crippen LogP contribution in [0.5, 0.6) is 0 Å². The molecule has 0 aromatic carbocycles. The Morgan fingerprint density at radius 1 is 2.25 bits per heavy atom. The van der Waals surface area contributed by atoms with Gasteiger partial charge in [-0.05, 0) is 0 Å². The molecule has 2 radical (unpaired) electrons. The first kappa shape index (κ1) is 9.18. The van der Waals surface area contributed by atoms with Crippen molar-refractivity contribution in [1.29, 1.82) is 0 Å². The molecule has 0 heterocycles. The van der Waals surface area contributed by atoms with Gasteiger partial charge in [-0.25, -0.2) is 0 Å². The molecule has 0 atom stereocenters. The molecule has 0 aliphatic heterocycles. The van der Waals surface area contributed by atoms with Crippen LogP contribution in [0, 0.1) is 0 Å². The second kappa shape index (κ2) is 8.82. The molecule has 3 heteroatoms. The van der Waals surface area contributed by atoms with Crippen LogP contribution < -0.4 is 51.4 Å². The molecule has 0 aliphatic rings. The van der Waals surface area contributed by atoms with E-state index in [0.29, 0.717) is 0 Å². The smallest absolute Gasteiger partial charge is 1.00 e. The summed E-state index contributed by atoms with van der Waals surface area (Å²) in [5.41, 5.74) is 0. The van der Waals surface area contributed by atoms with E-state index in [9.17, 15) is 0 Å². The molecular weight excluding hydrogens is 77.9 g/mol. The van der Waals surface area contributed by atoms with Crippen LogP contribution in [0.3, 0.4) is 0 Å². The van der Waals surface area contributed by atoms with Crippen molar-refractivity contribution >= 4 is 7.85 Å². The van der Waals surface area contributed by atoms with Gasteiger partial charge in [0, 0.05) is 6.51 Å². The minimum atomic E-state index is -0.250. The predicted molar refractivity (Wildman–Crippen MR) is 15.1 cm³/mol. The fourth-order valence-electron chi connectivity index (χ4n) is 0. The summed E-state index contributed by atoms with van der Waals surface area (Å²) in [5.74, 6) is 0. The summed E-state index contributed by atoms with van der Waals surface area (Å²) in [6.45, 7) is -0.250. The minimum absolute atomic E-state index is 0. The molecule has 0 saturated heterocycles. The third-order valence-electron chi connectivity index (χ3n) is 0. The van der Waals surface area contributed by atoms with Gasteiger partial charge in [0.1, 0.15) is 7.85 Å². The van der Waals surface area contributed by atoms with Crippen molar-refractivity contribution in [2.24, 2.45) is 0 Å². The summed E-state index contributed by atoms with van der Waals surface area (Å²) in [4.78, 5) is 0. The van der Waals surface area contributed by atoms with Crippen molar-refractivity contribution in [1.82, 2.24) is 0 Å². The monoisotopic (exact) mass is 83.0 g/mol. The molecule has 4 heavy (non-hydrogen) atoms. The molecule has 0 spiro atoms. The van der Waals surface area contributed by atoms with Crippen LogP contribution in [-0.4, -0.2) is 19.5 Å². The van der Waals surface area contributed by atoms with E-state index in [1.165, 1.54) is 0 Å². The van der Waals surface area contributed by atoms with Crippen molar-refractivity contribution in [3.63, 3.8) is 0 Å². The van der Waals surface area contributed by atoms with Gasteiger partial charge in [-0.2, -0.15) is 0 Å². The molecule has 0 rings (SSSR count). The summed E-state index contributed by atoms with van der Waals surface area (Å²) < 4.78 is 0. The van der Waals surface area contributed by atoms with Gasteiger partial charge < -0.3 is 6.53 Å². The fourth-order valence-corrected chi connectivity index (χ4v) is 0. The quantitative estimate of drug-likeness (QED) is 0.299. The third-order valence-corrected chi connectivity index (χ3v) is 0. The van der Waals surface area contributed by atoms with Gasteiger partial charge in [0.25, 0.3) is 0 Å². The molecule has 0 saturated carbocycles. The molecule has 0 amide bonds. The van der Waals surface area contributed by atoms with Gasteiger partial charge in [0.15, 0.2) is 0 Å². The number of aliphatic hydroxyl groups is 1. The number of hydrogen-bond donors (Lipinski definition) is 1. The maximum absolute atomic E-state index is 7.35. The Kier molecular flexibility index (Phi) is 20.2. The molecule has 1 N–H and O–H groups in total. The average molecular weight is 83.0 g/mol. The molecular formula is CH5BKO+. The molecule has 0 bridgehead atoms. The minimum Gasteiger partial charge on any atom is -1.00 e. The normalized spacial score (nSPS) is 4.25. The zero-order valence-electron chi connectivity index (χ0n) is 4.73. The average Bonchev–Trinajstić information content (AvgIpc) is 0.918. The number of aliphatic hydroxyl groups excluding tert-OH is 1. The van der Waals surface area contributed by atoms with Gasteiger partial charge >= 0.3 is 52.8 Å². The zero-order chi connectivity index (χ0) is 2.71. The Morgan fingerprint density at radius 2 is 2.25 bits per heavy atom. The first-order chi connectivity index (χ1) is 1.41. The van der Waals surface area contributed by atoms with Crippen LogP contribution in [-0.2, 0) is 0 Å². The Hall–Kier alpha value is 1.66. The Labute approximate surface area is 72.6 Å². The van der Waals surface area contributed by atoms with E-state index in [0.717, 1.165) is 0 Å². The van der Waals surface area contributed by atoms with Crippen molar-refractivity contribution in [2.45, 2.75) is 0 Å². The summed E-state index contributed by atoms with van der Waals surface area (Å²) >= 11 is 0. The topological polar surface area (TPSA) is 20.2 Å². The second-order valence-corrected chi connectivity index (χ2v) is 0.183. The molecule has 0 aliphatic carbocycles. The van der Waals surface area contributed by atoms with Crippen LogP contribution in [0.1, 0.15) is 2.85 Å². The molecule has 0 aromatic rings. The van der Waals surface area contributed by atoms with Crippen molar-refractivity contribution in [3.8, 4) is 0 Å². The third kappa shape index (κ3) is 9.40. The van der Waals surface area contributed by atoms with E-state index < -0.39 is 0 Å². The van der Waals surface area contributed by atoms with Gasteiger partial charge in [-0.1, -0.05) is 0 Å².